The van der Waals surface area contributed by atoms with Crippen LogP contribution in [0.4, 0.5) is 0 Å². The van der Waals surface area contributed by atoms with Crippen LogP contribution in [0.2, 0.25) is 0 Å². The van der Waals surface area contributed by atoms with E-state index in [0.717, 1.165) is 44.5 Å². The molecule has 0 saturated heterocycles. The number of nitrogens with zero attached hydrogens (tertiary/aromatic N) is 2. The van der Waals surface area contributed by atoms with Crippen LogP contribution in [0.5, 0.6) is 0 Å². The molecule has 200 valence electrons. The van der Waals surface area contributed by atoms with E-state index in [4.69, 9.17) is 9.97 Å². The van der Waals surface area contributed by atoms with Crippen molar-refractivity contribution in [3.8, 4) is 33.6 Å². The minimum absolute atomic E-state index is 0.949. The van der Waals surface area contributed by atoms with Crippen molar-refractivity contribution < 1.29 is 0 Å². The lowest BCUT2D eigenvalue weighted by Gasteiger charge is -2.17. The first-order chi connectivity index (χ1) is 21.3. The fourth-order valence-corrected chi connectivity index (χ4v) is 7.80. The van der Waals surface area contributed by atoms with Gasteiger partial charge in [-0.05, 0) is 28.6 Å². The Kier molecular flexibility index (Phi) is 5.40. The van der Waals surface area contributed by atoms with Crippen molar-refractivity contribution in [1.29, 1.82) is 0 Å². The predicted octanol–water partition coefficient (Wildman–Crippen LogP) is 11.3. The number of fused-ring (bicyclic) bond motifs is 10. The van der Waals surface area contributed by atoms with Crippen LogP contribution >= 0.6 is 11.3 Å². The summed E-state index contributed by atoms with van der Waals surface area (Å²) in [5.41, 5.74) is 7.34. The van der Waals surface area contributed by atoms with Gasteiger partial charge in [-0.2, -0.15) is 0 Å². The molecule has 0 aliphatic carbocycles. The summed E-state index contributed by atoms with van der Waals surface area (Å²) in [4.78, 5) is 10.6. The van der Waals surface area contributed by atoms with Crippen molar-refractivity contribution in [3.63, 3.8) is 0 Å². The lowest BCUT2D eigenvalue weighted by molar-refractivity contribution is 1.31. The third kappa shape index (κ3) is 3.72. The molecule has 0 unspecified atom stereocenters. The highest BCUT2D eigenvalue weighted by Crippen LogP contribution is 2.47. The molecule has 9 aromatic rings. The maximum absolute atomic E-state index is 5.59. The van der Waals surface area contributed by atoms with E-state index in [9.17, 15) is 0 Å². The van der Waals surface area contributed by atoms with Gasteiger partial charge >= 0.3 is 0 Å². The van der Waals surface area contributed by atoms with Gasteiger partial charge in [-0.15, -0.1) is 11.3 Å². The first-order valence-electron chi connectivity index (χ1n) is 14.5. The van der Waals surface area contributed by atoms with Crippen LogP contribution in [-0.4, -0.2) is 9.97 Å². The highest BCUT2D eigenvalue weighted by atomic mass is 32.1. The zero-order valence-electron chi connectivity index (χ0n) is 23.2. The summed E-state index contributed by atoms with van der Waals surface area (Å²) in [7, 11) is 0. The number of hydrogen-bond acceptors (Lipinski definition) is 3. The standard InChI is InChI=1S/C40H24N2S/c1-3-13-25(14-4-1)32-23-34(26-15-5-2-6-16-26)41-24-33(32)38-28-18-8-7-17-27(28)36-37-31-21-11-12-22-35(31)43-40(37)30-20-10-9-19-29(30)39(36)42-38/h1-24H. The van der Waals surface area contributed by atoms with Gasteiger partial charge in [0.2, 0.25) is 0 Å². The van der Waals surface area contributed by atoms with Crippen molar-refractivity contribution in [2.24, 2.45) is 0 Å². The SMILES string of the molecule is c1ccc(-c2cc(-c3ccccc3)c(-c3nc4c5ccccc5c5sc6ccccc6c5c4c4ccccc34)cn2)cc1. The molecule has 0 aliphatic heterocycles. The molecule has 0 bridgehead atoms. The molecule has 0 N–H and O–H groups in total. The molecule has 3 heterocycles. The van der Waals surface area contributed by atoms with Crippen molar-refractivity contribution in [2.75, 3.05) is 0 Å². The molecule has 9 rings (SSSR count). The number of rotatable bonds is 3. The van der Waals surface area contributed by atoms with Crippen LogP contribution < -0.4 is 0 Å². The Morgan fingerprint density at radius 1 is 0.465 bits per heavy atom. The summed E-state index contributed by atoms with van der Waals surface area (Å²) < 4.78 is 2.62. The third-order valence-electron chi connectivity index (χ3n) is 8.50. The van der Waals surface area contributed by atoms with Gasteiger partial charge in [0.25, 0.3) is 0 Å². The number of hydrogen-bond donors (Lipinski definition) is 0. The number of aromatic nitrogens is 2. The zero-order chi connectivity index (χ0) is 28.3. The molecule has 6 aromatic carbocycles. The summed E-state index contributed by atoms with van der Waals surface area (Å²) in [6.45, 7) is 0. The van der Waals surface area contributed by atoms with E-state index in [0.29, 0.717) is 0 Å². The van der Waals surface area contributed by atoms with E-state index in [1.165, 1.54) is 41.7 Å². The molecule has 0 saturated carbocycles. The predicted molar refractivity (Wildman–Crippen MR) is 184 cm³/mol. The molecule has 3 heteroatoms. The zero-order valence-corrected chi connectivity index (χ0v) is 24.0. The van der Waals surface area contributed by atoms with Gasteiger partial charge in [-0.3, -0.25) is 4.98 Å². The van der Waals surface area contributed by atoms with Crippen molar-refractivity contribution in [3.05, 3.63) is 146 Å². The van der Waals surface area contributed by atoms with Gasteiger partial charge < -0.3 is 0 Å². The highest BCUT2D eigenvalue weighted by molar-refractivity contribution is 7.27. The molecule has 43 heavy (non-hydrogen) atoms. The van der Waals surface area contributed by atoms with Crippen LogP contribution in [0.3, 0.4) is 0 Å². The largest absolute Gasteiger partial charge is 0.256 e. The van der Waals surface area contributed by atoms with Crippen LogP contribution in [0.15, 0.2) is 146 Å². The molecule has 0 amide bonds. The molecule has 0 spiro atoms. The Balaban J connectivity index is 1.45. The molecule has 0 fully saturated rings. The Morgan fingerprint density at radius 2 is 1.07 bits per heavy atom. The average molecular weight is 565 g/mol. The molecular weight excluding hydrogens is 541 g/mol. The van der Waals surface area contributed by atoms with E-state index >= 15 is 0 Å². The summed E-state index contributed by atoms with van der Waals surface area (Å²) in [6.07, 6.45) is 2.02. The molecule has 2 nitrogen and oxygen atoms in total. The van der Waals surface area contributed by atoms with Gasteiger partial charge in [0.05, 0.1) is 16.9 Å². The van der Waals surface area contributed by atoms with Crippen molar-refractivity contribution in [1.82, 2.24) is 9.97 Å². The smallest absolute Gasteiger partial charge is 0.0810 e. The highest BCUT2D eigenvalue weighted by Gasteiger charge is 2.21. The van der Waals surface area contributed by atoms with Crippen LogP contribution in [0, 0.1) is 0 Å². The van der Waals surface area contributed by atoms with E-state index in [1.807, 2.05) is 23.6 Å². The normalized spacial score (nSPS) is 11.7. The Hall–Kier alpha value is -5.38. The third-order valence-corrected chi connectivity index (χ3v) is 9.70. The van der Waals surface area contributed by atoms with Gasteiger partial charge in [0.15, 0.2) is 0 Å². The lowest BCUT2D eigenvalue weighted by atomic mass is 9.91. The molecule has 3 aromatic heterocycles. The Bertz CT molecular complexity index is 2500. The topological polar surface area (TPSA) is 25.8 Å². The molecule has 0 atom stereocenters. The summed E-state index contributed by atoms with van der Waals surface area (Å²) >= 11 is 1.88. The summed E-state index contributed by atoms with van der Waals surface area (Å²) in [5.74, 6) is 0. The fraction of sp³-hybridized carbons (Fsp3) is 0. The van der Waals surface area contributed by atoms with E-state index in [2.05, 4.69) is 133 Å². The second kappa shape index (κ2) is 9.59. The second-order valence-electron chi connectivity index (χ2n) is 10.9. The van der Waals surface area contributed by atoms with Crippen LogP contribution in [0.25, 0.3) is 86.3 Å². The summed E-state index contributed by atoms with van der Waals surface area (Å²) in [6, 6.07) is 49.5. The van der Waals surface area contributed by atoms with E-state index < -0.39 is 0 Å². The molecule has 0 aliphatic rings. The van der Waals surface area contributed by atoms with Crippen molar-refractivity contribution in [2.45, 2.75) is 0 Å². The Labute approximate surface area is 252 Å². The lowest BCUT2D eigenvalue weighted by Crippen LogP contribution is -1.96. The monoisotopic (exact) mass is 564 g/mol. The van der Waals surface area contributed by atoms with Gasteiger partial charge in [-0.1, -0.05) is 127 Å². The Morgan fingerprint density at radius 3 is 1.84 bits per heavy atom. The maximum Gasteiger partial charge on any atom is 0.0810 e. The molecular formula is C40H24N2S. The quantitative estimate of drug-likeness (QED) is 0.199. The van der Waals surface area contributed by atoms with E-state index in [-0.39, 0.29) is 0 Å². The van der Waals surface area contributed by atoms with Gasteiger partial charge in [0.1, 0.15) is 0 Å². The maximum atomic E-state index is 5.59. The van der Waals surface area contributed by atoms with E-state index in [1.54, 1.807) is 0 Å². The van der Waals surface area contributed by atoms with Crippen molar-refractivity contribution >= 4 is 64.0 Å². The summed E-state index contributed by atoms with van der Waals surface area (Å²) in [5, 5.41) is 8.59. The number of pyridine rings is 2. The van der Waals surface area contributed by atoms with Gasteiger partial charge in [0, 0.05) is 59.0 Å². The minimum atomic E-state index is 0.949. The second-order valence-corrected chi connectivity index (χ2v) is 12.0. The fourth-order valence-electron chi connectivity index (χ4n) is 6.55. The first kappa shape index (κ1) is 24.2. The minimum Gasteiger partial charge on any atom is -0.256 e. The number of benzene rings is 6. The van der Waals surface area contributed by atoms with Crippen LogP contribution in [0.1, 0.15) is 0 Å². The number of thiophene rings is 1. The van der Waals surface area contributed by atoms with Crippen LogP contribution in [-0.2, 0) is 0 Å². The molecule has 0 radical (unpaired) electrons. The first-order valence-corrected chi connectivity index (χ1v) is 15.3. The van der Waals surface area contributed by atoms with Gasteiger partial charge in [-0.25, -0.2) is 4.98 Å². The average Bonchev–Trinajstić information content (AvgIpc) is 3.48.